The highest BCUT2D eigenvalue weighted by atomic mass is 16.4. The Labute approximate surface area is 119 Å². The summed E-state index contributed by atoms with van der Waals surface area (Å²) in [6, 6.07) is 6.61. The number of carboxylic acid groups (broad SMARTS) is 1. The summed E-state index contributed by atoms with van der Waals surface area (Å²) in [6.45, 7) is 6.00. The number of hydrogen-bond donors (Lipinski definition) is 3. The second-order valence-electron chi connectivity index (χ2n) is 5.24. The Hall–Kier alpha value is -2.04. The first-order chi connectivity index (χ1) is 9.37. The molecule has 0 aliphatic heterocycles. The van der Waals surface area contributed by atoms with E-state index in [1.807, 2.05) is 0 Å². The minimum atomic E-state index is -0.943. The van der Waals surface area contributed by atoms with E-state index in [4.69, 9.17) is 5.11 Å². The molecule has 3 N–H and O–H groups in total. The van der Waals surface area contributed by atoms with Crippen LogP contribution in [0.1, 0.15) is 39.2 Å². The second kappa shape index (κ2) is 6.93. The highest BCUT2D eigenvalue weighted by Gasteiger charge is 2.29. The number of nitrogens with one attached hydrogen (secondary N) is 2. The van der Waals surface area contributed by atoms with Crippen LogP contribution in [0.25, 0.3) is 0 Å². The van der Waals surface area contributed by atoms with E-state index in [0.29, 0.717) is 17.8 Å². The molecule has 2 amide bonds. The van der Waals surface area contributed by atoms with Gasteiger partial charge >= 0.3 is 12.0 Å². The zero-order valence-corrected chi connectivity index (χ0v) is 12.2. The van der Waals surface area contributed by atoms with Gasteiger partial charge in [0.25, 0.3) is 0 Å². The second-order valence-corrected chi connectivity index (χ2v) is 5.24. The fraction of sp³-hybridized carbons (Fsp3) is 0.467. The molecule has 0 aromatic heterocycles. The zero-order valence-electron chi connectivity index (χ0n) is 12.2. The Morgan fingerprint density at radius 3 is 2.30 bits per heavy atom. The number of aliphatic carboxylic acids is 1. The molecule has 0 unspecified atom stereocenters. The highest BCUT2D eigenvalue weighted by Crippen LogP contribution is 2.24. The molecule has 20 heavy (non-hydrogen) atoms. The van der Waals surface area contributed by atoms with Crippen LogP contribution in [0.15, 0.2) is 24.3 Å². The smallest absolute Gasteiger partial charge is 0.319 e. The van der Waals surface area contributed by atoms with Gasteiger partial charge in [-0.1, -0.05) is 25.5 Å². The van der Waals surface area contributed by atoms with E-state index in [-0.39, 0.29) is 6.03 Å². The Morgan fingerprint density at radius 1 is 1.20 bits per heavy atom. The van der Waals surface area contributed by atoms with Crippen molar-refractivity contribution in [3.8, 4) is 0 Å². The molecular weight excluding hydrogens is 256 g/mol. The SMILES string of the molecule is CCCCNC(=O)Nc1ccc(C(C)(C)C(=O)O)cc1. The number of amides is 2. The maximum absolute atomic E-state index is 11.6. The molecule has 0 saturated carbocycles. The quantitative estimate of drug-likeness (QED) is 0.700. The summed E-state index contributed by atoms with van der Waals surface area (Å²) in [5, 5.41) is 14.6. The van der Waals surface area contributed by atoms with Crippen molar-refractivity contribution in [1.29, 1.82) is 0 Å². The van der Waals surface area contributed by atoms with Gasteiger partial charge < -0.3 is 15.7 Å². The summed E-state index contributed by atoms with van der Waals surface area (Å²) < 4.78 is 0. The van der Waals surface area contributed by atoms with E-state index in [9.17, 15) is 9.59 Å². The maximum atomic E-state index is 11.6. The molecule has 0 aliphatic rings. The van der Waals surface area contributed by atoms with Crippen LogP contribution in [0.2, 0.25) is 0 Å². The Bertz CT molecular complexity index is 467. The number of urea groups is 1. The molecule has 0 saturated heterocycles. The molecule has 0 heterocycles. The first-order valence-corrected chi connectivity index (χ1v) is 6.76. The van der Waals surface area contributed by atoms with Gasteiger partial charge in [0, 0.05) is 12.2 Å². The number of anilines is 1. The Morgan fingerprint density at radius 2 is 1.80 bits per heavy atom. The van der Waals surface area contributed by atoms with Crippen LogP contribution in [-0.2, 0) is 10.2 Å². The standard InChI is InChI=1S/C15H22N2O3/c1-4-5-10-16-14(20)17-12-8-6-11(7-9-12)15(2,3)13(18)19/h6-9H,4-5,10H2,1-3H3,(H,18,19)(H2,16,17,20). The van der Waals surface area contributed by atoms with E-state index < -0.39 is 11.4 Å². The molecule has 110 valence electrons. The minimum Gasteiger partial charge on any atom is -0.481 e. The molecule has 1 aromatic carbocycles. The van der Waals surface area contributed by atoms with E-state index >= 15 is 0 Å². The Kier molecular flexibility index (Phi) is 5.55. The van der Waals surface area contributed by atoms with Crippen molar-refractivity contribution in [2.75, 3.05) is 11.9 Å². The minimum absolute atomic E-state index is 0.247. The van der Waals surface area contributed by atoms with Gasteiger partial charge in [-0.05, 0) is 38.0 Å². The van der Waals surface area contributed by atoms with Crippen LogP contribution in [0, 0.1) is 0 Å². The van der Waals surface area contributed by atoms with Crippen LogP contribution in [0.3, 0.4) is 0 Å². The molecular formula is C15H22N2O3. The Balaban J connectivity index is 2.63. The van der Waals surface area contributed by atoms with E-state index in [0.717, 1.165) is 12.8 Å². The van der Waals surface area contributed by atoms with Crippen molar-refractivity contribution in [2.45, 2.75) is 39.0 Å². The first kappa shape index (κ1) is 16.0. The number of carbonyl (C=O) groups excluding carboxylic acids is 1. The fourth-order valence-corrected chi connectivity index (χ4v) is 1.65. The molecule has 0 aliphatic carbocycles. The lowest BCUT2D eigenvalue weighted by Crippen LogP contribution is -2.30. The van der Waals surface area contributed by atoms with Crippen molar-refractivity contribution in [3.05, 3.63) is 29.8 Å². The van der Waals surface area contributed by atoms with E-state index in [2.05, 4.69) is 17.6 Å². The van der Waals surface area contributed by atoms with Crippen LogP contribution in [-0.4, -0.2) is 23.7 Å². The lowest BCUT2D eigenvalue weighted by Gasteiger charge is -2.19. The van der Waals surface area contributed by atoms with Gasteiger partial charge in [0.15, 0.2) is 0 Å². The molecule has 5 nitrogen and oxygen atoms in total. The van der Waals surface area contributed by atoms with Gasteiger partial charge in [0.1, 0.15) is 0 Å². The number of unbranched alkanes of at least 4 members (excludes halogenated alkanes) is 1. The normalized spacial score (nSPS) is 10.9. The number of carboxylic acids is 1. The summed E-state index contributed by atoms with van der Waals surface area (Å²) in [6.07, 6.45) is 1.97. The van der Waals surface area contributed by atoms with Crippen molar-refractivity contribution in [1.82, 2.24) is 5.32 Å². The van der Waals surface area contributed by atoms with Gasteiger partial charge in [-0.3, -0.25) is 4.79 Å². The molecule has 0 spiro atoms. The zero-order chi connectivity index (χ0) is 15.2. The summed E-state index contributed by atoms with van der Waals surface area (Å²) in [4.78, 5) is 22.7. The predicted octanol–water partition coefficient (Wildman–Crippen LogP) is 2.97. The molecule has 0 fully saturated rings. The lowest BCUT2D eigenvalue weighted by atomic mass is 9.85. The molecule has 1 rings (SSSR count). The molecule has 0 radical (unpaired) electrons. The summed E-state index contributed by atoms with van der Waals surface area (Å²) in [5.41, 5.74) is 0.396. The van der Waals surface area contributed by atoms with E-state index in [1.165, 1.54) is 0 Å². The van der Waals surface area contributed by atoms with Crippen LogP contribution in [0.4, 0.5) is 10.5 Å². The fourth-order valence-electron chi connectivity index (χ4n) is 1.65. The van der Waals surface area contributed by atoms with Crippen LogP contribution >= 0.6 is 0 Å². The van der Waals surface area contributed by atoms with Gasteiger partial charge in [0.2, 0.25) is 0 Å². The van der Waals surface area contributed by atoms with Crippen LogP contribution in [0.5, 0.6) is 0 Å². The van der Waals surface area contributed by atoms with Crippen molar-refractivity contribution in [2.24, 2.45) is 0 Å². The summed E-state index contributed by atoms with van der Waals surface area (Å²) >= 11 is 0. The van der Waals surface area contributed by atoms with Crippen LogP contribution < -0.4 is 10.6 Å². The first-order valence-electron chi connectivity index (χ1n) is 6.76. The number of hydrogen-bond acceptors (Lipinski definition) is 2. The predicted molar refractivity (Wildman–Crippen MR) is 79.0 cm³/mol. The maximum Gasteiger partial charge on any atom is 0.319 e. The summed E-state index contributed by atoms with van der Waals surface area (Å²) in [5.74, 6) is -0.879. The highest BCUT2D eigenvalue weighted by molar-refractivity contribution is 5.89. The topological polar surface area (TPSA) is 78.4 Å². The van der Waals surface area contributed by atoms with Gasteiger partial charge in [0.05, 0.1) is 5.41 Å². The molecule has 0 bridgehead atoms. The number of benzene rings is 1. The monoisotopic (exact) mass is 278 g/mol. The molecule has 1 aromatic rings. The van der Waals surface area contributed by atoms with Crippen molar-refractivity contribution in [3.63, 3.8) is 0 Å². The largest absolute Gasteiger partial charge is 0.481 e. The van der Waals surface area contributed by atoms with Gasteiger partial charge in [-0.15, -0.1) is 0 Å². The molecule has 5 heteroatoms. The third-order valence-electron chi connectivity index (χ3n) is 3.22. The van der Waals surface area contributed by atoms with Crippen molar-refractivity contribution >= 4 is 17.7 Å². The third kappa shape index (κ3) is 4.26. The number of carbonyl (C=O) groups is 2. The average Bonchev–Trinajstić information content (AvgIpc) is 2.39. The average molecular weight is 278 g/mol. The van der Waals surface area contributed by atoms with E-state index in [1.54, 1.807) is 38.1 Å². The van der Waals surface area contributed by atoms with Gasteiger partial charge in [-0.2, -0.15) is 0 Å². The number of rotatable bonds is 6. The van der Waals surface area contributed by atoms with Gasteiger partial charge in [-0.25, -0.2) is 4.79 Å². The lowest BCUT2D eigenvalue weighted by molar-refractivity contribution is -0.142. The van der Waals surface area contributed by atoms with Crippen molar-refractivity contribution < 1.29 is 14.7 Å². The molecule has 0 atom stereocenters. The summed E-state index contributed by atoms with van der Waals surface area (Å²) in [7, 11) is 0. The third-order valence-corrected chi connectivity index (χ3v) is 3.22.